The molecule has 0 heteroatoms. The minimum atomic E-state index is 0.559. The average molecular weight is 160 g/mol. The van der Waals surface area contributed by atoms with Crippen molar-refractivity contribution in [2.24, 2.45) is 5.92 Å². The molecule has 0 N–H and O–H groups in total. The molecular weight excluding hydrogens is 144 g/mol. The third-order valence-electron chi connectivity index (χ3n) is 1.84. The Bertz CT molecular complexity index is 251. The first-order valence-corrected chi connectivity index (χ1v) is 4.38. The van der Waals surface area contributed by atoms with Crippen LogP contribution in [0.15, 0.2) is 48.1 Å². The van der Waals surface area contributed by atoms with Crippen LogP contribution in [0.3, 0.4) is 0 Å². The maximum absolute atomic E-state index is 3.90. The molecule has 0 heterocycles. The highest BCUT2D eigenvalue weighted by Gasteiger charge is 1.97. The summed E-state index contributed by atoms with van der Waals surface area (Å²) in [5.74, 6) is 0.559. The van der Waals surface area contributed by atoms with E-state index < -0.39 is 0 Å². The standard InChI is InChI=1S/C12H16/c1-10(2)9-12-6-4-5-11(3)7-8-12/h4-8,11H,1,9H2,2-3H3. The summed E-state index contributed by atoms with van der Waals surface area (Å²) in [4.78, 5) is 0. The van der Waals surface area contributed by atoms with Crippen LogP contribution in [0.1, 0.15) is 20.3 Å². The molecule has 0 nitrogen and oxygen atoms in total. The van der Waals surface area contributed by atoms with Gasteiger partial charge in [-0.1, -0.05) is 49.5 Å². The van der Waals surface area contributed by atoms with Gasteiger partial charge < -0.3 is 0 Å². The van der Waals surface area contributed by atoms with Gasteiger partial charge in [0.2, 0.25) is 0 Å². The Morgan fingerprint density at radius 1 is 1.50 bits per heavy atom. The fourth-order valence-electron chi connectivity index (χ4n) is 1.22. The van der Waals surface area contributed by atoms with E-state index in [1.54, 1.807) is 0 Å². The molecule has 1 atom stereocenters. The van der Waals surface area contributed by atoms with Gasteiger partial charge in [-0.3, -0.25) is 0 Å². The molecule has 0 aromatic heterocycles. The van der Waals surface area contributed by atoms with Crippen molar-refractivity contribution in [3.8, 4) is 0 Å². The number of hydrogen-bond acceptors (Lipinski definition) is 0. The van der Waals surface area contributed by atoms with Crippen molar-refractivity contribution in [1.29, 1.82) is 0 Å². The molecule has 0 saturated carbocycles. The van der Waals surface area contributed by atoms with Gasteiger partial charge in [0.15, 0.2) is 0 Å². The van der Waals surface area contributed by atoms with E-state index in [0.29, 0.717) is 5.92 Å². The number of hydrogen-bond donors (Lipinski definition) is 0. The Morgan fingerprint density at radius 3 is 2.92 bits per heavy atom. The molecule has 0 amide bonds. The first kappa shape index (κ1) is 9.05. The van der Waals surface area contributed by atoms with Crippen LogP contribution in [0.4, 0.5) is 0 Å². The topological polar surface area (TPSA) is 0 Å². The average Bonchev–Trinajstić information content (AvgIpc) is 2.15. The molecule has 0 bridgehead atoms. The van der Waals surface area contributed by atoms with E-state index in [-0.39, 0.29) is 0 Å². The lowest BCUT2D eigenvalue weighted by atomic mass is 10.1. The predicted molar refractivity (Wildman–Crippen MR) is 55.0 cm³/mol. The first-order chi connectivity index (χ1) is 5.68. The van der Waals surface area contributed by atoms with Crippen molar-refractivity contribution < 1.29 is 0 Å². The largest absolute Gasteiger partial charge is 0.0998 e. The molecule has 12 heavy (non-hydrogen) atoms. The highest BCUT2D eigenvalue weighted by Crippen LogP contribution is 2.15. The number of allylic oxidation sites excluding steroid dienone is 7. The third kappa shape index (κ3) is 2.91. The minimum Gasteiger partial charge on any atom is -0.0998 e. The summed E-state index contributed by atoms with van der Waals surface area (Å²) < 4.78 is 0. The highest BCUT2D eigenvalue weighted by atomic mass is 14.0. The fraction of sp³-hybridized carbons (Fsp3) is 0.333. The summed E-state index contributed by atoms with van der Waals surface area (Å²) >= 11 is 0. The lowest BCUT2D eigenvalue weighted by molar-refractivity contribution is 0.941. The lowest BCUT2D eigenvalue weighted by Crippen LogP contribution is -1.81. The Labute approximate surface area is 75.0 Å². The van der Waals surface area contributed by atoms with Crippen LogP contribution >= 0.6 is 0 Å². The molecule has 0 aromatic rings. The minimum absolute atomic E-state index is 0.559. The second-order valence-corrected chi connectivity index (χ2v) is 3.48. The summed E-state index contributed by atoms with van der Waals surface area (Å²) in [6.45, 7) is 8.15. The van der Waals surface area contributed by atoms with Crippen molar-refractivity contribution >= 4 is 0 Å². The summed E-state index contributed by atoms with van der Waals surface area (Å²) in [6.07, 6.45) is 11.9. The Balaban J connectivity index is 2.67. The van der Waals surface area contributed by atoms with Crippen LogP contribution in [0.5, 0.6) is 0 Å². The first-order valence-electron chi connectivity index (χ1n) is 4.38. The van der Waals surface area contributed by atoms with Crippen LogP contribution < -0.4 is 0 Å². The van der Waals surface area contributed by atoms with Gasteiger partial charge in [0, 0.05) is 0 Å². The summed E-state index contributed by atoms with van der Waals surface area (Å²) in [5, 5.41) is 0. The highest BCUT2D eigenvalue weighted by molar-refractivity contribution is 5.31. The van der Waals surface area contributed by atoms with Gasteiger partial charge in [-0.2, -0.15) is 0 Å². The molecule has 0 aliphatic heterocycles. The second kappa shape index (κ2) is 4.10. The van der Waals surface area contributed by atoms with E-state index in [2.05, 4.69) is 50.8 Å². The second-order valence-electron chi connectivity index (χ2n) is 3.48. The van der Waals surface area contributed by atoms with Crippen LogP contribution in [-0.2, 0) is 0 Å². The molecule has 1 aliphatic rings. The van der Waals surface area contributed by atoms with Crippen molar-refractivity contribution in [1.82, 2.24) is 0 Å². The van der Waals surface area contributed by atoms with Gasteiger partial charge >= 0.3 is 0 Å². The lowest BCUT2D eigenvalue weighted by Gasteiger charge is -1.99. The molecule has 1 rings (SSSR count). The smallest absolute Gasteiger partial charge is 0.00727 e. The van der Waals surface area contributed by atoms with Gasteiger partial charge in [0.25, 0.3) is 0 Å². The van der Waals surface area contributed by atoms with E-state index in [1.165, 1.54) is 11.1 Å². The normalized spacial score (nSPS) is 21.8. The molecule has 0 aromatic carbocycles. The summed E-state index contributed by atoms with van der Waals surface area (Å²) in [7, 11) is 0. The quantitative estimate of drug-likeness (QED) is 0.541. The SMILES string of the molecule is C=C(C)CC1=CC=CC(C)C=C1. The van der Waals surface area contributed by atoms with Crippen molar-refractivity contribution in [2.75, 3.05) is 0 Å². The fourth-order valence-corrected chi connectivity index (χ4v) is 1.22. The summed E-state index contributed by atoms with van der Waals surface area (Å²) in [5.41, 5.74) is 2.57. The van der Waals surface area contributed by atoms with Crippen LogP contribution in [0.25, 0.3) is 0 Å². The molecule has 0 fully saturated rings. The molecule has 0 radical (unpaired) electrons. The Hall–Kier alpha value is -1.04. The van der Waals surface area contributed by atoms with E-state index in [4.69, 9.17) is 0 Å². The van der Waals surface area contributed by atoms with E-state index in [9.17, 15) is 0 Å². The zero-order chi connectivity index (χ0) is 8.97. The molecular formula is C12H16. The van der Waals surface area contributed by atoms with Crippen LogP contribution in [-0.4, -0.2) is 0 Å². The van der Waals surface area contributed by atoms with E-state index in [1.807, 2.05) is 0 Å². The zero-order valence-corrected chi connectivity index (χ0v) is 7.88. The predicted octanol–water partition coefficient (Wildman–Crippen LogP) is 3.64. The molecule has 64 valence electrons. The van der Waals surface area contributed by atoms with Gasteiger partial charge in [-0.15, -0.1) is 0 Å². The zero-order valence-electron chi connectivity index (χ0n) is 7.88. The molecule has 1 unspecified atom stereocenters. The molecule has 0 spiro atoms. The third-order valence-corrected chi connectivity index (χ3v) is 1.84. The maximum Gasteiger partial charge on any atom is -0.00727 e. The van der Waals surface area contributed by atoms with Crippen LogP contribution in [0, 0.1) is 5.92 Å². The van der Waals surface area contributed by atoms with Gasteiger partial charge in [-0.05, 0) is 24.8 Å². The molecule has 0 saturated heterocycles. The van der Waals surface area contributed by atoms with Crippen LogP contribution in [0.2, 0.25) is 0 Å². The van der Waals surface area contributed by atoms with Crippen molar-refractivity contribution in [3.05, 3.63) is 48.1 Å². The van der Waals surface area contributed by atoms with E-state index in [0.717, 1.165) is 6.42 Å². The molecule has 1 aliphatic carbocycles. The van der Waals surface area contributed by atoms with Gasteiger partial charge in [0.05, 0.1) is 0 Å². The van der Waals surface area contributed by atoms with Gasteiger partial charge in [0.1, 0.15) is 0 Å². The monoisotopic (exact) mass is 160 g/mol. The Kier molecular flexibility index (Phi) is 3.09. The number of rotatable bonds is 2. The van der Waals surface area contributed by atoms with Gasteiger partial charge in [-0.25, -0.2) is 0 Å². The summed E-state index contributed by atoms with van der Waals surface area (Å²) in [6, 6.07) is 0. The van der Waals surface area contributed by atoms with Crippen molar-refractivity contribution in [2.45, 2.75) is 20.3 Å². The maximum atomic E-state index is 3.90. The van der Waals surface area contributed by atoms with E-state index >= 15 is 0 Å². The van der Waals surface area contributed by atoms with Crippen molar-refractivity contribution in [3.63, 3.8) is 0 Å². The Morgan fingerprint density at radius 2 is 2.25 bits per heavy atom.